The van der Waals surface area contributed by atoms with Gasteiger partial charge in [-0.15, -0.1) is 0 Å². The first-order valence-corrected chi connectivity index (χ1v) is 6.99. The molecule has 2 heterocycles. The number of urea groups is 1. The van der Waals surface area contributed by atoms with Crippen LogP contribution in [-0.2, 0) is 6.54 Å². The molecular weight excluding hydrogens is 328 g/mol. The highest BCUT2D eigenvalue weighted by Gasteiger charge is 2.28. The Bertz CT molecular complexity index is 454. The number of piperidine rings is 1. The van der Waals surface area contributed by atoms with Gasteiger partial charge in [-0.2, -0.15) is 27.0 Å². The van der Waals surface area contributed by atoms with Crippen LogP contribution in [0.15, 0.2) is 12.4 Å². The molecule has 1 aromatic rings. The highest BCUT2D eigenvalue weighted by molar-refractivity contribution is 7.59. The van der Waals surface area contributed by atoms with Gasteiger partial charge in [0, 0.05) is 24.5 Å². The second-order valence-electron chi connectivity index (χ2n) is 4.99. The zero-order chi connectivity index (χ0) is 13.8. The fourth-order valence-corrected chi connectivity index (χ4v) is 2.71. The summed E-state index contributed by atoms with van der Waals surface area (Å²) in [6, 6.07) is 0.503. The summed E-state index contributed by atoms with van der Waals surface area (Å²) in [5.74, 6) is 0. The van der Waals surface area contributed by atoms with Crippen molar-refractivity contribution in [3.8, 4) is 0 Å². The van der Waals surface area contributed by atoms with Gasteiger partial charge in [-0.05, 0) is 33.1 Å². The molecule has 2 rings (SSSR count). The first-order valence-electron chi connectivity index (χ1n) is 6.61. The Hall–Kier alpha value is -0.660. The lowest BCUT2D eigenvalue weighted by atomic mass is 9.98. The molecule has 0 aromatic carbocycles. The highest BCUT2D eigenvalue weighted by Crippen LogP contribution is 2.22. The molecule has 0 bridgehead atoms. The van der Waals surface area contributed by atoms with Crippen molar-refractivity contribution in [3.63, 3.8) is 0 Å². The van der Waals surface area contributed by atoms with E-state index in [-0.39, 0.29) is 45.1 Å². The quantitative estimate of drug-likeness (QED) is 0.892. The van der Waals surface area contributed by atoms with E-state index in [4.69, 9.17) is 11.6 Å². The van der Waals surface area contributed by atoms with Gasteiger partial charge in [0.25, 0.3) is 0 Å². The molecule has 5 nitrogen and oxygen atoms in total. The molecule has 1 aromatic heterocycles. The first kappa shape index (κ1) is 20.3. The molecule has 21 heavy (non-hydrogen) atoms. The average molecular weight is 351 g/mol. The molecule has 2 atom stereocenters. The molecule has 1 saturated heterocycles. The SMILES string of the molecule is C[C@H]1CCC[C@H](C)N1C(=O)NCc1nccnc1Cl.S.S. The van der Waals surface area contributed by atoms with E-state index in [0.717, 1.165) is 12.8 Å². The molecule has 0 unspecified atom stereocenters. The highest BCUT2D eigenvalue weighted by atomic mass is 35.5. The van der Waals surface area contributed by atoms with Crippen molar-refractivity contribution in [1.29, 1.82) is 0 Å². The van der Waals surface area contributed by atoms with E-state index in [9.17, 15) is 4.79 Å². The molecule has 0 aliphatic carbocycles. The van der Waals surface area contributed by atoms with E-state index >= 15 is 0 Å². The van der Waals surface area contributed by atoms with Crippen molar-refractivity contribution in [1.82, 2.24) is 20.2 Å². The second-order valence-corrected chi connectivity index (χ2v) is 5.35. The van der Waals surface area contributed by atoms with Gasteiger partial charge in [0.15, 0.2) is 5.15 Å². The molecule has 1 aliphatic rings. The van der Waals surface area contributed by atoms with Gasteiger partial charge in [0.2, 0.25) is 0 Å². The van der Waals surface area contributed by atoms with Crippen molar-refractivity contribution in [3.05, 3.63) is 23.2 Å². The minimum atomic E-state index is -0.0542. The van der Waals surface area contributed by atoms with Crippen LogP contribution in [0, 0.1) is 0 Å². The third-order valence-electron chi connectivity index (χ3n) is 3.56. The largest absolute Gasteiger partial charge is 0.332 e. The summed E-state index contributed by atoms with van der Waals surface area (Å²) >= 11 is 5.91. The van der Waals surface area contributed by atoms with Crippen molar-refractivity contribution in [2.24, 2.45) is 0 Å². The summed E-state index contributed by atoms with van der Waals surface area (Å²) in [5.41, 5.74) is 0.592. The van der Waals surface area contributed by atoms with Gasteiger partial charge in [-0.3, -0.25) is 4.98 Å². The van der Waals surface area contributed by atoms with E-state index in [1.165, 1.54) is 12.6 Å². The lowest BCUT2D eigenvalue weighted by Crippen LogP contribution is -2.51. The maximum Gasteiger partial charge on any atom is 0.318 e. The summed E-state index contributed by atoms with van der Waals surface area (Å²) < 4.78 is 0. The molecular formula is C13H23ClN4OS2. The van der Waals surface area contributed by atoms with Gasteiger partial charge >= 0.3 is 6.03 Å². The van der Waals surface area contributed by atoms with E-state index in [2.05, 4.69) is 29.1 Å². The van der Waals surface area contributed by atoms with Crippen LogP contribution in [0.5, 0.6) is 0 Å². The Morgan fingerprint density at radius 3 is 2.43 bits per heavy atom. The molecule has 0 spiro atoms. The predicted octanol–water partition coefficient (Wildman–Crippen LogP) is 2.83. The molecule has 1 fully saturated rings. The average Bonchev–Trinajstić information content (AvgIpc) is 2.37. The number of likely N-dealkylation sites (tertiary alicyclic amines) is 1. The van der Waals surface area contributed by atoms with Crippen LogP contribution in [0.1, 0.15) is 38.8 Å². The smallest absolute Gasteiger partial charge is 0.318 e. The number of hydrogen-bond acceptors (Lipinski definition) is 3. The van der Waals surface area contributed by atoms with Gasteiger partial charge in [0.05, 0.1) is 12.2 Å². The first-order chi connectivity index (χ1) is 9.09. The summed E-state index contributed by atoms with van der Waals surface area (Å²) in [7, 11) is 0. The molecule has 120 valence electrons. The number of halogens is 1. The van der Waals surface area contributed by atoms with Gasteiger partial charge in [-0.1, -0.05) is 11.6 Å². The van der Waals surface area contributed by atoms with Crippen molar-refractivity contribution in [2.75, 3.05) is 0 Å². The zero-order valence-electron chi connectivity index (χ0n) is 12.3. The third-order valence-corrected chi connectivity index (χ3v) is 3.87. The van der Waals surface area contributed by atoms with Crippen molar-refractivity contribution >= 4 is 44.6 Å². The van der Waals surface area contributed by atoms with E-state index in [1.807, 2.05) is 4.90 Å². The Morgan fingerprint density at radius 2 is 1.86 bits per heavy atom. The van der Waals surface area contributed by atoms with E-state index in [1.54, 1.807) is 6.20 Å². The monoisotopic (exact) mass is 350 g/mol. The molecule has 0 saturated carbocycles. The summed E-state index contributed by atoms with van der Waals surface area (Å²) in [5, 5.41) is 3.21. The van der Waals surface area contributed by atoms with E-state index < -0.39 is 0 Å². The minimum Gasteiger partial charge on any atom is -0.332 e. The van der Waals surface area contributed by atoms with Gasteiger partial charge in [0.1, 0.15) is 0 Å². The van der Waals surface area contributed by atoms with Crippen LogP contribution in [0.2, 0.25) is 5.15 Å². The number of rotatable bonds is 2. The molecule has 8 heteroatoms. The van der Waals surface area contributed by atoms with E-state index in [0.29, 0.717) is 17.4 Å². The lowest BCUT2D eigenvalue weighted by Gasteiger charge is -2.38. The number of carbonyl (C=O) groups excluding carboxylic acids is 1. The Kier molecular flexibility index (Phi) is 9.08. The topological polar surface area (TPSA) is 58.1 Å². The normalized spacial score (nSPS) is 21.0. The van der Waals surface area contributed by atoms with Crippen LogP contribution in [0.3, 0.4) is 0 Å². The summed E-state index contributed by atoms with van der Waals surface area (Å²) in [6.45, 7) is 4.48. The molecule has 2 amide bonds. The molecule has 1 aliphatic heterocycles. The van der Waals surface area contributed by atoms with Crippen molar-refractivity contribution in [2.45, 2.75) is 51.7 Å². The Balaban J connectivity index is 0.00000200. The van der Waals surface area contributed by atoms with Crippen molar-refractivity contribution < 1.29 is 4.79 Å². The van der Waals surface area contributed by atoms with Gasteiger partial charge in [-0.25, -0.2) is 9.78 Å². The van der Waals surface area contributed by atoms with Crippen LogP contribution >= 0.6 is 38.6 Å². The number of aromatic nitrogens is 2. The number of nitrogens with zero attached hydrogens (tertiary/aromatic N) is 3. The zero-order valence-corrected chi connectivity index (χ0v) is 15.0. The number of hydrogen-bond donors (Lipinski definition) is 1. The summed E-state index contributed by atoms with van der Waals surface area (Å²) in [6.07, 6.45) is 6.40. The van der Waals surface area contributed by atoms with Gasteiger partial charge < -0.3 is 10.2 Å². The Labute approximate surface area is 144 Å². The van der Waals surface area contributed by atoms with Crippen LogP contribution in [0.25, 0.3) is 0 Å². The Morgan fingerprint density at radius 1 is 1.29 bits per heavy atom. The second kappa shape index (κ2) is 9.38. The van der Waals surface area contributed by atoms with Crippen LogP contribution in [-0.4, -0.2) is 33.0 Å². The summed E-state index contributed by atoms with van der Waals surface area (Å²) in [4.78, 5) is 22.2. The standard InChI is InChI=1S/C13H19ClN4O.2H2S/c1-9-4-3-5-10(2)18(9)13(19)17-8-11-12(14)16-7-6-15-11;;/h6-7,9-10H,3-5,8H2,1-2H3,(H,17,19);2*1H2/t9-,10-;;/m0../s1. The van der Waals surface area contributed by atoms with Crippen LogP contribution in [0.4, 0.5) is 4.79 Å². The number of amides is 2. The maximum absolute atomic E-state index is 12.2. The van der Waals surface area contributed by atoms with Crippen LogP contribution < -0.4 is 5.32 Å². The lowest BCUT2D eigenvalue weighted by molar-refractivity contribution is 0.122. The number of nitrogens with one attached hydrogen (secondary N) is 1. The number of carbonyl (C=O) groups is 1. The molecule has 0 radical (unpaired) electrons. The fraction of sp³-hybridized carbons (Fsp3) is 0.615. The fourth-order valence-electron chi connectivity index (χ4n) is 2.54. The third kappa shape index (κ3) is 5.23. The molecule has 1 N–H and O–H groups in total. The minimum absolute atomic E-state index is 0. The maximum atomic E-state index is 12.2. The predicted molar refractivity (Wildman–Crippen MR) is 94.7 cm³/mol.